The molecule has 0 fully saturated rings. The second-order valence-corrected chi connectivity index (χ2v) is 10.2. The van der Waals surface area contributed by atoms with Crippen LogP contribution in [-0.4, -0.2) is 10.7 Å². The third kappa shape index (κ3) is 8.07. The Hall–Kier alpha value is -1.44. The normalized spacial score (nSPS) is 20.4. The number of benzene rings is 1. The molecule has 1 aromatic rings. The monoisotopic (exact) mass is 400 g/mol. The van der Waals surface area contributed by atoms with Crippen LogP contribution in [0, 0.1) is 18.8 Å². The highest BCUT2D eigenvalue weighted by atomic mass is 16.5. The maximum absolute atomic E-state index is 9.81. The van der Waals surface area contributed by atoms with E-state index in [1.165, 1.54) is 44.1 Å². The minimum atomic E-state index is -0.101. The summed E-state index contributed by atoms with van der Waals surface area (Å²) in [6.45, 7) is 13.6. The molecule has 1 N–H and O–H groups in total. The van der Waals surface area contributed by atoms with Gasteiger partial charge in [0.25, 0.3) is 0 Å². The van der Waals surface area contributed by atoms with Crippen LogP contribution in [0.25, 0.3) is 0 Å². The molecule has 164 valence electrons. The quantitative estimate of drug-likeness (QED) is 0.380. The largest absolute Gasteiger partial charge is 0.508 e. The molecule has 0 aliphatic carbocycles. The Labute approximate surface area is 179 Å². The smallest absolute Gasteiger partial charge is 0.126 e. The summed E-state index contributed by atoms with van der Waals surface area (Å²) < 4.78 is 6.41. The zero-order valence-corrected chi connectivity index (χ0v) is 19.8. The van der Waals surface area contributed by atoms with E-state index >= 15 is 0 Å². The third-order valence-corrected chi connectivity index (χ3v) is 6.52. The molecule has 2 atom stereocenters. The Balaban J connectivity index is 1.72. The summed E-state index contributed by atoms with van der Waals surface area (Å²) in [6, 6.07) is 3.66. The number of fused-ring (bicyclic) bond motifs is 1. The maximum Gasteiger partial charge on any atom is 0.126 e. The zero-order valence-electron chi connectivity index (χ0n) is 19.8. The van der Waals surface area contributed by atoms with Gasteiger partial charge in [0, 0.05) is 0 Å². The van der Waals surface area contributed by atoms with Gasteiger partial charge in [-0.25, -0.2) is 0 Å². The average Bonchev–Trinajstić information content (AvgIpc) is 2.62. The van der Waals surface area contributed by atoms with Crippen molar-refractivity contribution in [1.82, 2.24) is 0 Å². The summed E-state index contributed by atoms with van der Waals surface area (Å²) >= 11 is 0. The van der Waals surface area contributed by atoms with E-state index in [4.69, 9.17) is 4.74 Å². The average molecular weight is 401 g/mol. The number of aromatic hydroxyl groups is 1. The van der Waals surface area contributed by atoms with Crippen molar-refractivity contribution in [1.29, 1.82) is 0 Å². The van der Waals surface area contributed by atoms with E-state index in [0.717, 1.165) is 54.4 Å². The molecule has 2 rings (SSSR count). The Morgan fingerprint density at radius 1 is 1.17 bits per heavy atom. The number of hydrogen-bond acceptors (Lipinski definition) is 2. The number of phenols is 1. The van der Waals surface area contributed by atoms with E-state index in [0.29, 0.717) is 5.75 Å². The van der Waals surface area contributed by atoms with E-state index in [9.17, 15) is 5.11 Å². The lowest BCUT2D eigenvalue weighted by atomic mass is 9.87. The summed E-state index contributed by atoms with van der Waals surface area (Å²) in [5.74, 6) is 3.04. The van der Waals surface area contributed by atoms with E-state index < -0.39 is 0 Å². The van der Waals surface area contributed by atoms with Gasteiger partial charge in [-0.2, -0.15) is 0 Å². The lowest BCUT2D eigenvalue weighted by Gasteiger charge is -2.36. The van der Waals surface area contributed by atoms with Crippen LogP contribution in [0.5, 0.6) is 11.5 Å². The van der Waals surface area contributed by atoms with Crippen molar-refractivity contribution in [2.24, 2.45) is 11.8 Å². The molecule has 1 aliphatic rings. The molecule has 1 heterocycles. The van der Waals surface area contributed by atoms with E-state index in [1.54, 1.807) is 6.07 Å². The van der Waals surface area contributed by atoms with Gasteiger partial charge in [0.2, 0.25) is 0 Å². The van der Waals surface area contributed by atoms with Crippen LogP contribution in [0.2, 0.25) is 0 Å². The van der Waals surface area contributed by atoms with Crippen molar-refractivity contribution in [2.45, 2.75) is 111 Å². The molecule has 0 aromatic heterocycles. The standard InChI is InChI=1S/C27H44O2/c1-20(2)10-7-11-21(3)12-8-13-22(4)14-9-16-27(6)17-15-24-19-25(28)18-23(5)26(24)29-27/h14,18-21,28H,7-13,15-17H2,1-6H3/b22-14+. The predicted molar refractivity (Wildman–Crippen MR) is 125 cm³/mol. The molecule has 1 aliphatic heterocycles. The minimum Gasteiger partial charge on any atom is -0.508 e. The van der Waals surface area contributed by atoms with Crippen molar-refractivity contribution >= 4 is 0 Å². The molecule has 0 spiro atoms. The molecule has 1 aromatic carbocycles. The Kier molecular flexibility index (Phi) is 9.11. The van der Waals surface area contributed by atoms with E-state index in [1.807, 2.05) is 13.0 Å². The van der Waals surface area contributed by atoms with Gasteiger partial charge in [-0.1, -0.05) is 58.1 Å². The third-order valence-electron chi connectivity index (χ3n) is 6.52. The maximum atomic E-state index is 9.81. The van der Waals surface area contributed by atoms with E-state index in [2.05, 4.69) is 40.7 Å². The van der Waals surface area contributed by atoms with Gasteiger partial charge in [-0.05, 0) is 94.4 Å². The summed E-state index contributed by atoms with van der Waals surface area (Å²) in [4.78, 5) is 0. The molecule has 29 heavy (non-hydrogen) atoms. The first-order chi connectivity index (χ1) is 13.7. The van der Waals surface area contributed by atoms with Gasteiger partial charge in [0.15, 0.2) is 0 Å². The van der Waals surface area contributed by atoms with Gasteiger partial charge in [-0.15, -0.1) is 0 Å². The van der Waals surface area contributed by atoms with Crippen LogP contribution in [0.1, 0.15) is 104 Å². The first-order valence-corrected chi connectivity index (χ1v) is 11.9. The molecular weight excluding hydrogens is 356 g/mol. The molecule has 2 unspecified atom stereocenters. The number of rotatable bonds is 11. The number of ether oxygens (including phenoxy) is 1. The molecule has 0 radical (unpaired) electrons. The molecular formula is C27H44O2. The molecule has 2 nitrogen and oxygen atoms in total. The van der Waals surface area contributed by atoms with Crippen LogP contribution >= 0.6 is 0 Å². The minimum absolute atomic E-state index is 0.101. The Bertz CT molecular complexity index is 673. The molecule has 0 saturated heterocycles. The molecule has 2 heteroatoms. The molecule has 0 bridgehead atoms. The number of hydrogen-bond donors (Lipinski definition) is 1. The van der Waals surface area contributed by atoms with Gasteiger partial charge in [0.1, 0.15) is 17.1 Å². The van der Waals surface area contributed by atoms with Gasteiger partial charge in [0.05, 0.1) is 0 Å². The Morgan fingerprint density at radius 2 is 1.90 bits per heavy atom. The number of aryl methyl sites for hydroxylation is 2. The predicted octanol–water partition coefficient (Wildman–Crippen LogP) is 8.14. The second-order valence-electron chi connectivity index (χ2n) is 10.2. The lowest BCUT2D eigenvalue weighted by Crippen LogP contribution is -2.36. The van der Waals surface area contributed by atoms with Crippen LogP contribution < -0.4 is 4.74 Å². The summed E-state index contributed by atoms with van der Waals surface area (Å²) in [7, 11) is 0. The first-order valence-electron chi connectivity index (χ1n) is 11.9. The Morgan fingerprint density at radius 3 is 2.62 bits per heavy atom. The highest BCUT2D eigenvalue weighted by molar-refractivity contribution is 5.47. The summed E-state index contributed by atoms with van der Waals surface area (Å²) in [6.07, 6.45) is 14.6. The lowest BCUT2D eigenvalue weighted by molar-refractivity contribution is 0.0561. The van der Waals surface area contributed by atoms with Crippen molar-refractivity contribution in [3.05, 3.63) is 34.9 Å². The fourth-order valence-corrected chi connectivity index (χ4v) is 4.50. The first kappa shape index (κ1) is 23.8. The highest BCUT2D eigenvalue weighted by Crippen LogP contribution is 2.39. The van der Waals surface area contributed by atoms with Crippen molar-refractivity contribution < 1.29 is 9.84 Å². The number of allylic oxidation sites excluding steroid dienone is 2. The fraction of sp³-hybridized carbons (Fsp3) is 0.704. The molecule has 0 saturated carbocycles. The zero-order chi connectivity index (χ0) is 21.4. The number of phenolic OH excluding ortho intramolecular Hbond substituents is 1. The second kappa shape index (κ2) is 11.1. The van der Waals surface area contributed by atoms with Crippen molar-refractivity contribution in [3.63, 3.8) is 0 Å². The van der Waals surface area contributed by atoms with Gasteiger partial charge >= 0.3 is 0 Å². The SMILES string of the molecule is C/C(=C\CCC1(C)CCc2cc(O)cc(C)c2O1)CCCC(C)CCCC(C)C. The van der Waals surface area contributed by atoms with Crippen LogP contribution in [0.4, 0.5) is 0 Å². The topological polar surface area (TPSA) is 29.5 Å². The van der Waals surface area contributed by atoms with Crippen LogP contribution in [-0.2, 0) is 6.42 Å². The van der Waals surface area contributed by atoms with Crippen LogP contribution in [0.3, 0.4) is 0 Å². The van der Waals surface area contributed by atoms with Crippen LogP contribution in [0.15, 0.2) is 23.8 Å². The van der Waals surface area contributed by atoms with Gasteiger partial charge < -0.3 is 9.84 Å². The van der Waals surface area contributed by atoms with Crippen molar-refractivity contribution in [3.8, 4) is 11.5 Å². The van der Waals surface area contributed by atoms with E-state index in [-0.39, 0.29) is 5.60 Å². The summed E-state index contributed by atoms with van der Waals surface area (Å²) in [5, 5.41) is 9.81. The highest BCUT2D eigenvalue weighted by Gasteiger charge is 2.31. The summed E-state index contributed by atoms with van der Waals surface area (Å²) in [5.41, 5.74) is 3.62. The van der Waals surface area contributed by atoms with Crippen molar-refractivity contribution in [2.75, 3.05) is 0 Å². The fourth-order valence-electron chi connectivity index (χ4n) is 4.50. The molecule has 0 amide bonds. The van der Waals surface area contributed by atoms with Gasteiger partial charge in [-0.3, -0.25) is 0 Å².